The van der Waals surface area contributed by atoms with E-state index in [4.69, 9.17) is 0 Å². The number of hydrogen-bond donors (Lipinski definition) is 0. The maximum Gasteiger partial charge on any atom is -0.00987 e. The van der Waals surface area contributed by atoms with Crippen molar-refractivity contribution in [3.05, 3.63) is 158 Å². The zero-order chi connectivity index (χ0) is 27.6. The molecule has 0 aliphatic rings. The predicted octanol–water partition coefficient (Wildman–Crippen LogP) is 11.9. The summed E-state index contributed by atoms with van der Waals surface area (Å²) in [7, 11) is 0. The van der Waals surface area contributed by atoms with E-state index in [0.29, 0.717) is 0 Å². The molecule has 0 aromatic heterocycles. The van der Waals surface area contributed by atoms with Gasteiger partial charge in [0.05, 0.1) is 0 Å². The Hall–Kier alpha value is -5.46. The van der Waals surface area contributed by atoms with E-state index in [2.05, 4.69) is 158 Å². The second-order valence-corrected chi connectivity index (χ2v) is 11.4. The van der Waals surface area contributed by atoms with E-state index in [0.717, 1.165) is 0 Å². The molecule has 9 aromatic rings. The Kier molecular flexibility index (Phi) is 5.00. The quantitative estimate of drug-likeness (QED) is 0.195. The van der Waals surface area contributed by atoms with Crippen LogP contribution in [0, 0.1) is 0 Å². The van der Waals surface area contributed by atoms with Crippen molar-refractivity contribution < 1.29 is 0 Å². The minimum Gasteiger partial charge on any atom is -0.0616 e. The smallest absolute Gasteiger partial charge is 0.00987 e. The van der Waals surface area contributed by atoms with Crippen LogP contribution in [-0.2, 0) is 0 Å². The summed E-state index contributed by atoms with van der Waals surface area (Å²) in [6.45, 7) is 0. The summed E-state index contributed by atoms with van der Waals surface area (Å²) in [5.74, 6) is 0. The Labute approximate surface area is 244 Å². The molecule has 0 saturated heterocycles. The van der Waals surface area contributed by atoms with Crippen LogP contribution in [0.4, 0.5) is 0 Å². The lowest BCUT2D eigenvalue weighted by atomic mass is 9.92. The molecule has 194 valence electrons. The fourth-order valence-electron chi connectivity index (χ4n) is 6.79. The molecule has 0 aliphatic heterocycles. The summed E-state index contributed by atoms with van der Waals surface area (Å²) in [6.07, 6.45) is 0. The lowest BCUT2D eigenvalue weighted by molar-refractivity contribution is 1.67. The number of hydrogen-bond acceptors (Lipinski definition) is 0. The Morgan fingerprint density at radius 3 is 1.31 bits per heavy atom. The summed E-state index contributed by atoms with van der Waals surface area (Å²) < 4.78 is 0. The van der Waals surface area contributed by atoms with Gasteiger partial charge in [0, 0.05) is 0 Å². The third-order valence-corrected chi connectivity index (χ3v) is 9.00. The fraction of sp³-hybridized carbons (Fsp3) is 0. The highest BCUT2D eigenvalue weighted by molar-refractivity contribution is 6.18. The number of rotatable bonds is 2. The van der Waals surface area contributed by atoms with Crippen molar-refractivity contribution in [2.75, 3.05) is 0 Å². The van der Waals surface area contributed by atoms with Gasteiger partial charge >= 0.3 is 0 Å². The molecule has 0 bridgehead atoms. The first-order valence-electron chi connectivity index (χ1n) is 14.6. The molecule has 0 atom stereocenters. The molecule has 0 fully saturated rings. The summed E-state index contributed by atoms with van der Waals surface area (Å²) in [5, 5.41) is 15.4. The van der Waals surface area contributed by atoms with E-state index in [-0.39, 0.29) is 0 Å². The van der Waals surface area contributed by atoms with E-state index >= 15 is 0 Å². The second kappa shape index (κ2) is 9.03. The van der Waals surface area contributed by atoms with Gasteiger partial charge in [0.15, 0.2) is 0 Å². The first-order chi connectivity index (χ1) is 20.8. The van der Waals surface area contributed by atoms with E-state index in [1.54, 1.807) is 0 Å². The minimum absolute atomic E-state index is 1.24. The molecule has 42 heavy (non-hydrogen) atoms. The molecule has 0 radical (unpaired) electrons. The molecular formula is C42H26. The van der Waals surface area contributed by atoms with Gasteiger partial charge in [0.25, 0.3) is 0 Å². The highest BCUT2D eigenvalue weighted by Crippen LogP contribution is 2.36. The van der Waals surface area contributed by atoms with Crippen LogP contribution in [0.2, 0.25) is 0 Å². The van der Waals surface area contributed by atoms with Gasteiger partial charge in [-0.15, -0.1) is 0 Å². The first-order valence-corrected chi connectivity index (χ1v) is 14.6. The largest absolute Gasteiger partial charge is 0.0616 e. The van der Waals surface area contributed by atoms with Gasteiger partial charge in [0.2, 0.25) is 0 Å². The van der Waals surface area contributed by atoms with Crippen LogP contribution in [0.3, 0.4) is 0 Å². The van der Waals surface area contributed by atoms with Crippen molar-refractivity contribution in [2.45, 2.75) is 0 Å². The summed E-state index contributed by atoms with van der Waals surface area (Å²) in [5.41, 5.74) is 4.99. The summed E-state index contributed by atoms with van der Waals surface area (Å²) >= 11 is 0. The van der Waals surface area contributed by atoms with Crippen LogP contribution in [0.5, 0.6) is 0 Å². The molecule has 0 aliphatic carbocycles. The van der Waals surface area contributed by atoms with Crippen LogP contribution in [0.15, 0.2) is 158 Å². The van der Waals surface area contributed by atoms with Crippen molar-refractivity contribution in [1.82, 2.24) is 0 Å². The number of fused-ring (bicyclic) bond motifs is 9. The molecule has 0 spiro atoms. The Balaban J connectivity index is 1.18. The van der Waals surface area contributed by atoms with Crippen molar-refractivity contribution >= 4 is 64.6 Å². The van der Waals surface area contributed by atoms with Crippen LogP contribution in [0.25, 0.3) is 86.9 Å². The maximum absolute atomic E-state index is 2.37. The average Bonchev–Trinajstić information content (AvgIpc) is 3.07. The molecule has 0 N–H and O–H groups in total. The predicted molar refractivity (Wildman–Crippen MR) is 182 cm³/mol. The second-order valence-electron chi connectivity index (χ2n) is 11.4. The van der Waals surface area contributed by atoms with E-state index in [9.17, 15) is 0 Å². The van der Waals surface area contributed by atoms with Gasteiger partial charge in [-0.05, 0) is 111 Å². The molecule has 0 unspecified atom stereocenters. The van der Waals surface area contributed by atoms with E-state index < -0.39 is 0 Å². The van der Waals surface area contributed by atoms with Crippen LogP contribution >= 0.6 is 0 Å². The fourth-order valence-corrected chi connectivity index (χ4v) is 6.79. The van der Waals surface area contributed by atoms with Gasteiger partial charge in [-0.3, -0.25) is 0 Å². The molecular weight excluding hydrogens is 504 g/mol. The molecule has 0 saturated carbocycles. The van der Waals surface area contributed by atoms with Crippen molar-refractivity contribution in [3.8, 4) is 22.3 Å². The highest BCUT2D eigenvalue weighted by Gasteiger charge is 2.09. The Morgan fingerprint density at radius 1 is 0.190 bits per heavy atom. The van der Waals surface area contributed by atoms with Crippen LogP contribution in [0.1, 0.15) is 0 Å². The van der Waals surface area contributed by atoms with Crippen LogP contribution in [-0.4, -0.2) is 0 Å². The zero-order valence-corrected chi connectivity index (χ0v) is 23.0. The third-order valence-electron chi connectivity index (χ3n) is 9.00. The lowest BCUT2D eigenvalue weighted by Crippen LogP contribution is -1.85. The summed E-state index contributed by atoms with van der Waals surface area (Å²) in [4.78, 5) is 0. The van der Waals surface area contributed by atoms with Crippen molar-refractivity contribution in [2.24, 2.45) is 0 Å². The molecule has 0 heteroatoms. The topological polar surface area (TPSA) is 0 Å². The van der Waals surface area contributed by atoms with Gasteiger partial charge in [-0.2, -0.15) is 0 Å². The van der Waals surface area contributed by atoms with E-state index in [1.807, 2.05) is 0 Å². The van der Waals surface area contributed by atoms with Crippen molar-refractivity contribution in [3.63, 3.8) is 0 Å². The standard InChI is InChI=1S/C42H26/c1-2-7-31-23-32(13-9-27(31)5-1)33-19-20-38-36(24-33)16-12-29-10-14-34(25-41(29)38)35-15-11-30-18-21-39-37-8-4-3-6-28(37)17-22-40(39)42(30)26-35/h1-26H. The summed E-state index contributed by atoms with van der Waals surface area (Å²) in [6, 6.07) is 58.2. The average molecular weight is 531 g/mol. The maximum atomic E-state index is 2.37. The van der Waals surface area contributed by atoms with Gasteiger partial charge in [0.1, 0.15) is 0 Å². The first kappa shape index (κ1) is 23.3. The van der Waals surface area contributed by atoms with Gasteiger partial charge in [-0.25, -0.2) is 0 Å². The number of benzene rings is 9. The molecule has 9 rings (SSSR count). The molecule has 9 aromatic carbocycles. The molecule has 0 nitrogen and oxygen atoms in total. The van der Waals surface area contributed by atoms with Crippen molar-refractivity contribution in [1.29, 1.82) is 0 Å². The third kappa shape index (κ3) is 3.62. The minimum atomic E-state index is 1.24. The Morgan fingerprint density at radius 2 is 0.571 bits per heavy atom. The van der Waals surface area contributed by atoms with Gasteiger partial charge < -0.3 is 0 Å². The lowest BCUT2D eigenvalue weighted by Gasteiger charge is -2.12. The van der Waals surface area contributed by atoms with Gasteiger partial charge in [-0.1, -0.05) is 133 Å². The highest BCUT2D eigenvalue weighted by atomic mass is 14.1. The zero-order valence-electron chi connectivity index (χ0n) is 23.0. The Bertz CT molecular complexity index is 2510. The van der Waals surface area contributed by atoms with Crippen LogP contribution < -0.4 is 0 Å². The molecule has 0 amide bonds. The monoisotopic (exact) mass is 530 g/mol. The SMILES string of the molecule is c1ccc2cc(-c3ccc4c(ccc5ccc(-c6ccc7ccc8c9ccccc9ccc8c7c6)cc54)c3)ccc2c1. The van der Waals surface area contributed by atoms with E-state index in [1.165, 1.54) is 86.9 Å². The normalized spacial score (nSPS) is 11.8. The molecule has 0 heterocycles.